The normalized spacial score (nSPS) is 10.9. The average molecular weight is 435 g/mol. The summed E-state index contributed by atoms with van der Waals surface area (Å²) in [6.45, 7) is 2.61. The molecule has 0 saturated heterocycles. The van der Waals surface area contributed by atoms with E-state index in [1.807, 2.05) is 31.2 Å². The van der Waals surface area contributed by atoms with Gasteiger partial charge in [0.1, 0.15) is 6.61 Å². The molecule has 0 radical (unpaired) electrons. The van der Waals surface area contributed by atoms with Crippen LogP contribution in [0, 0.1) is 21.4 Å². The van der Waals surface area contributed by atoms with E-state index in [0.29, 0.717) is 40.9 Å². The topological polar surface area (TPSA) is 85.4 Å². The van der Waals surface area contributed by atoms with Crippen LogP contribution in [0.1, 0.15) is 23.6 Å². The molecule has 3 rings (SSSR count). The Morgan fingerprint density at radius 3 is 2.48 bits per heavy atom. The molecule has 0 aliphatic heterocycles. The maximum absolute atomic E-state index is 10.8. The summed E-state index contributed by atoms with van der Waals surface area (Å²) in [5.74, 6) is 1.11. The Morgan fingerprint density at radius 1 is 1.10 bits per heavy atom. The molecule has 0 spiro atoms. The number of ether oxygens (including phenoxy) is 2. The Labute approximate surface area is 185 Å². The third-order valence-corrected chi connectivity index (χ3v) is 4.80. The van der Waals surface area contributed by atoms with Crippen molar-refractivity contribution in [3.63, 3.8) is 0 Å². The van der Waals surface area contributed by atoms with E-state index in [-0.39, 0.29) is 5.69 Å². The summed E-state index contributed by atoms with van der Waals surface area (Å²) >= 11 is 6.19. The zero-order valence-electron chi connectivity index (χ0n) is 16.7. The second-order valence-corrected chi connectivity index (χ2v) is 6.90. The Morgan fingerprint density at radius 2 is 1.84 bits per heavy atom. The predicted octanol–water partition coefficient (Wildman–Crippen LogP) is 6.29. The molecule has 0 atom stereocenters. The van der Waals surface area contributed by atoms with Crippen LogP contribution < -0.4 is 9.47 Å². The van der Waals surface area contributed by atoms with Gasteiger partial charge in [0.05, 0.1) is 23.2 Å². The summed E-state index contributed by atoms with van der Waals surface area (Å²) in [5.41, 5.74) is 2.54. The van der Waals surface area contributed by atoms with Gasteiger partial charge in [-0.15, -0.1) is 0 Å². The summed E-state index contributed by atoms with van der Waals surface area (Å²) in [4.78, 5) is 10.4. The van der Waals surface area contributed by atoms with Crippen LogP contribution in [0.3, 0.4) is 0 Å². The highest BCUT2D eigenvalue weighted by Gasteiger charge is 2.10. The van der Waals surface area contributed by atoms with Gasteiger partial charge in [0.15, 0.2) is 11.5 Å². The number of non-ortho nitro benzene ring substituents is 1. The molecule has 0 fully saturated rings. The van der Waals surface area contributed by atoms with E-state index in [0.717, 1.165) is 11.1 Å². The van der Waals surface area contributed by atoms with Crippen LogP contribution in [0.15, 0.2) is 66.7 Å². The number of nitrogens with zero attached hydrogens (tertiary/aromatic N) is 2. The molecule has 7 heteroatoms. The second-order valence-electron chi connectivity index (χ2n) is 6.49. The minimum atomic E-state index is -0.477. The van der Waals surface area contributed by atoms with Crippen LogP contribution >= 0.6 is 11.6 Å². The van der Waals surface area contributed by atoms with Crippen molar-refractivity contribution < 1.29 is 14.4 Å². The molecule has 0 bridgehead atoms. The fraction of sp³-hybridized carbons (Fsp3) is 0.125. The molecule has 0 amide bonds. The van der Waals surface area contributed by atoms with Crippen molar-refractivity contribution in [3.8, 4) is 17.6 Å². The number of rotatable bonds is 8. The quantitative estimate of drug-likeness (QED) is 0.180. The zero-order valence-corrected chi connectivity index (χ0v) is 17.5. The van der Waals surface area contributed by atoms with Crippen LogP contribution in [0.4, 0.5) is 5.69 Å². The summed E-state index contributed by atoms with van der Waals surface area (Å²) in [6, 6.07) is 20.8. The number of nitro groups is 1. The second kappa shape index (κ2) is 10.3. The van der Waals surface area contributed by atoms with Crippen molar-refractivity contribution in [2.75, 3.05) is 6.61 Å². The number of nitriles is 1. The van der Waals surface area contributed by atoms with E-state index < -0.39 is 4.92 Å². The monoisotopic (exact) mass is 434 g/mol. The molecule has 0 aromatic heterocycles. The van der Waals surface area contributed by atoms with Gasteiger partial charge in [0.25, 0.3) is 5.69 Å². The summed E-state index contributed by atoms with van der Waals surface area (Å²) in [5, 5.41) is 21.0. The van der Waals surface area contributed by atoms with Crippen molar-refractivity contribution >= 4 is 28.9 Å². The molecular weight excluding hydrogens is 416 g/mol. The fourth-order valence-electron chi connectivity index (χ4n) is 2.88. The largest absolute Gasteiger partial charge is 0.490 e. The van der Waals surface area contributed by atoms with Gasteiger partial charge in [0, 0.05) is 22.7 Å². The highest BCUT2D eigenvalue weighted by molar-refractivity contribution is 6.31. The predicted molar refractivity (Wildman–Crippen MR) is 120 cm³/mol. The van der Waals surface area contributed by atoms with E-state index in [2.05, 4.69) is 6.07 Å². The molecule has 0 N–H and O–H groups in total. The SMILES string of the molecule is CCOc1cc(/C=C(/C#N)c2ccc([N+](=O)[O-])cc2)ccc1OCc1ccccc1Cl. The van der Waals surface area contributed by atoms with Crippen LogP contribution in [0.5, 0.6) is 11.5 Å². The maximum Gasteiger partial charge on any atom is 0.269 e. The Hall–Kier alpha value is -3.82. The molecule has 3 aromatic rings. The smallest absolute Gasteiger partial charge is 0.269 e. The van der Waals surface area contributed by atoms with Crippen LogP contribution in [0.2, 0.25) is 5.02 Å². The summed E-state index contributed by atoms with van der Waals surface area (Å²) in [7, 11) is 0. The standard InChI is InChI=1S/C24H19ClN2O4/c1-2-30-24-14-17(7-12-23(24)31-16-19-5-3-4-6-22(19)25)13-20(15-26)18-8-10-21(11-9-18)27(28)29/h3-14H,2,16H2,1H3/b20-13-. The molecule has 0 aliphatic rings. The minimum Gasteiger partial charge on any atom is -0.490 e. The van der Waals surface area contributed by atoms with Crippen molar-refractivity contribution in [3.05, 3.63) is 98.6 Å². The Kier molecular flexibility index (Phi) is 7.26. The summed E-state index contributed by atoms with van der Waals surface area (Å²) in [6.07, 6.45) is 1.70. The highest BCUT2D eigenvalue weighted by atomic mass is 35.5. The fourth-order valence-corrected chi connectivity index (χ4v) is 3.07. The minimum absolute atomic E-state index is 0.0281. The average Bonchev–Trinajstić information content (AvgIpc) is 2.78. The molecule has 156 valence electrons. The lowest BCUT2D eigenvalue weighted by atomic mass is 10.0. The first-order chi connectivity index (χ1) is 15.0. The first kappa shape index (κ1) is 21.9. The maximum atomic E-state index is 10.8. The molecule has 0 heterocycles. The first-order valence-corrected chi connectivity index (χ1v) is 9.89. The van der Waals surface area contributed by atoms with Crippen LogP contribution in [0.25, 0.3) is 11.6 Å². The van der Waals surface area contributed by atoms with Gasteiger partial charge in [-0.05, 0) is 54.5 Å². The molecule has 3 aromatic carbocycles. The number of hydrogen-bond acceptors (Lipinski definition) is 5. The Bertz CT molecular complexity index is 1150. The number of halogens is 1. The van der Waals surface area contributed by atoms with Gasteiger partial charge >= 0.3 is 0 Å². The third-order valence-electron chi connectivity index (χ3n) is 4.43. The molecular formula is C24H19ClN2O4. The molecule has 6 nitrogen and oxygen atoms in total. The van der Waals surface area contributed by atoms with Gasteiger partial charge in [-0.1, -0.05) is 35.9 Å². The number of benzene rings is 3. The van der Waals surface area contributed by atoms with Crippen molar-refractivity contribution in [2.24, 2.45) is 0 Å². The lowest BCUT2D eigenvalue weighted by molar-refractivity contribution is -0.384. The molecule has 0 saturated carbocycles. The number of nitro benzene ring substituents is 1. The highest BCUT2D eigenvalue weighted by Crippen LogP contribution is 2.31. The lowest BCUT2D eigenvalue weighted by Gasteiger charge is -2.13. The van der Waals surface area contributed by atoms with Crippen molar-refractivity contribution in [1.82, 2.24) is 0 Å². The van der Waals surface area contributed by atoms with Gasteiger partial charge in [-0.25, -0.2) is 0 Å². The first-order valence-electron chi connectivity index (χ1n) is 9.51. The van der Waals surface area contributed by atoms with E-state index in [1.54, 1.807) is 36.4 Å². The Balaban J connectivity index is 1.85. The van der Waals surface area contributed by atoms with Crippen molar-refractivity contribution in [1.29, 1.82) is 5.26 Å². The van der Waals surface area contributed by atoms with Crippen LogP contribution in [-0.2, 0) is 6.61 Å². The van der Waals surface area contributed by atoms with E-state index in [9.17, 15) is 15.4 Å². The van der Waals surface area contributed by atoms with Gasteiger partial charge in [-0.3, -0.25) is 10.1 Å². The van der Waals surface area contributed by atoms with Crippen molar-refractivity contribution in [2.45, 2.75) is 13.5 Å². The third kappa shape index (κ3) is 5.62. The molecule has 0 aliphatic carbocycles. The lowest BCUT2D eigenvalue weighted by Crippen LogP contribution is -2.00. The van der Waals surface area contributed by atoms with Gasteiger partial charge < -0.3 is 9.47 Å². The van der Waals surface area contributed by atoms with Crippen LogP contribution in [-0.4, -0.2) is 11.5 Å². The van der Waals surface area contributed by atoms with E-state index in [4.69, 9.17) is 21.1 Å². The van der Waals surface area contributed by atoms with Gasteiger partial charge in [-0.2, -0.15) is 5.26 Å². The summed E-state index contributed by atoms with van der Waals surface area (Å²) < 4.78 is 11.6. The van der Waals surface area contributed by atoms with Gasteiger partial charge in [0.2, 0.25) is 0 Å². The van der Waals surface area contributed by atoms with E-state index in [1.165, 1.54) is 12.1 Å². The molecule has 0 unspecified atom stereocenters. The zero-order chi connectivity index (χ0) is 22.2. The molecule has 31 heavy (non-hydrogen) atoms. The number of allylic oxidation sites excluding steroid dienone is 1. The van der Waals surface area contributed by atoms with E-state index >= 15 is 0 Å². The number of hydrogen-bond donors (Lipinski definition) is 0.